The molecule has 0 spiro atoms. The van der Waals surface area contributed by atoms with E-state index in [4.69, 9.17) is 4.74 Å². The zero-order valence-electron chi connectivity index (χ0n) is 11.0. The van der Waals surface area contributed by atoms with Crippen LogP contribution in [-0.2, 0) is 6.61 Å². The van der Waals surface area contributed by atoms with E-state index in [0.29, 0.717) is 22.4 Å². The fraction of sp³-hybridized carbons (Fsp3) is 0.214. The Morgan fingerprint density at radius 1 is 1.14 bits per heavy atom. The highest BCUT2D eigenvalue weighted by Gasteiger charge is 2.31. The van der Waals surface area contributed by atoms with Crippen LogP contribution in [0.4, 0.5) is 13.2 Å². The average Bonchev–Trinajstić information content (AvgIpc) is 2.45. The molecule has 0 atom stereocenters. The fourth-order valence-electron chi connectivity index (χ4n) is 1.84. The predicted octanol–water partition coefficient (Wildman–Crippen LogP) is 3.15. The molecule has 0 saturated carbocycles. The van der Waals surface area contributed by atoms with E-state index in [0.717, 1.165) is 6.07 Å². The summed E-state index contributed by atoms with van der Waals surface area (Å²) in [5.74, 6) is 0.0936. The first-order valence-electron chi connectivity index (χ1n) is 5.92. The maximum Gasteiger partial charge on any atom is 0.573 e. The second-order valence-corrected chi connectivity index (χ2v) is 4.14. The van der Waals surface area contributed by atoms with E-state index >= 15 is 0 Å². The Balaban J connectivity index is 2.46. The molecule has 7 heteroatoms. The van der Waals surface area contributed by atoms with E-state index in [1.165, 1.54) is 31.6 Å². The van der Waals surface area contributed by atoms with Gasteiger partial charge in [0, 0.05) is 11.8 Å². The quantitative estimate of drug-likeness (QED) is 0.942. The Bertz CT molecular complexity index is 629. The summed E-state index contributed by atoms with van der Waals surface area (Å²) >= 11 is 0. The molecule has 0 bridgehead atoms. The molecule has 0 aliphatic carbocycles. The lowest BCUT2D eigenvalue weighted by Gasteiger charge is -2.13. The molecule has 0 aliphatic heterocycles. The number of ether oxygens (including phenoxy) is 2. The van der Waals surface area contributed by atoms with E-state index in [1.807, 2.05) is 0 Å². The summed E-state index contributed by atoms with van der Waals surface area (Å²) in [7, 11) is 1.46. The maximum absolute atomic E-state index is 12.3. The minimum Gasteiger partial charge on any atom is -0.495 e. The SMILES string of the molecule is COc1cncc(-c2cc(OC(F)(F)F)ccc2CO)c1. The largest absolute Gasteiger partial charge is 0.573 e. The van der Waals surface area contributed by atoms with Gasteiger partial charge in [0.25, 0.3) is 0 Å². The van der Waals surface area contributed by atoms with Crippen molar-refractivity contribution in [2.75, 3.05) is 7.11 Å². The second kappa shape index (κ2) is 6.01. The number of aliphatic hydroxyl groups is 1. The molecule has 21 heavy (non-hydrogen) atoms. The van der Waals surface area contributed by atoms with Crippen LogP contribution in [0.1, 0.15) is 5.56 Å². The number of alkyl halides is 3. The van der Waals surface area contributed by atoms with Crippen LogP contribution in [-0.4, -0.2) is 23.6 Å². The van der Waals surface area contributed by atoms with Crippen LogP contribution in [0, 0.1) is 0 Å². The number of pyridine rings is 1. The molecule has 0 radical (unpaired) electrons. The molecule has 1 N–H and O–H groups in total. The smallest absolute Gasteiger partial charge is 0.495 e. The van der Waals surface area contributed by atoms with Crippen LogP contribution >= 0.6 is 0 Å². The van der Waals surface area contributed by atoms with Gasteiger partial charge in [-0.25, -0.2) is 0 Å². The minimum atomic E-state index is -4.77. The van der Waals surface area contributed by atoms with Gasteiger partial charge in [-0.2, -0.15) is 0 Å². The van der Waals surface area contributed by atoms with Crippen LogP contribution in [0.3, 0.4) is 0 Å². The Labute approximate surface area is 118 Å². The molecular weight excluding hydrogens is 287 g/mol. The first-order chi connectivity index (χ1) is 9.93. The summed E-state index contributed by atoms with van der Waals surface area (Å²) in [4.78, 5) is 3.94. The summed E-state index contributed by atoms with van der Waals surface area (Å²) in [6.45, 7) is -0.321. The topological polar surface area (TPSA) is 51.6 Å². The van der Waals surface area contributed by atoms with Gasteiger partial charge in [-0.15, -0.1) is 13.2 Å². The Morgan fingerprint density at radius 2 is 1.90 bits per heavy atom. The van der Waals surface area contributed by atoms with Crippen molar-refractivity contribution in [1.29, 1.82) is 0 Å². The van der Waals surface area contributed by atoms with Crippen molar-refractivity contribution in [3.63, 3.8) is 0 Å². The molecule has 0 unspecified atom stereocenters. The molecule has 2 rings (SSSR count). The third-order valence-electron chi connectivity index (χ3n) is 2.75. The van der Waals surface area contributed by atoms with Gasteiger partial charge in [0.15, 0.2) is 0 Å². The number of nitrogens with zero attached hydrogens (tertiary/aromatic N) is 1. The van der Waals surface area contributed by atoms with Gasteiger partial charge >= 0.3 is 6.36 Å². The molecule has 0 fully saturated rings. The maximum atomic E-state index is 12.3. The fourth-order valence-corrected chi connectivity index (χ4v) is 1.84. The summed E-state index contributed by atoms with van der Waals surface area (Å²) in [5, 5.41) is 9.32. The van der Waals surface area contributed by atoms with Gasteiger partial charge in [0.05, 0.1) is 19.9 Å². The van der Waals surface area contributed by atoms with Gasteiger partial charge in [0.1, 0.15) is 11.5 Å². The van der Waals surface area contributed by atoms with Crippen molar-refractivity contribution in [1.82, 2.24) is 4.98 Å². The molecular formula is C14H12F3NO3. The zero-order valence-corrected chi connectivity index (χ0v) is 11.0. The molecule has 2 aromatic rings. The number of hydrogen-bond acceptors (Lipinski definition) is 4. The highest BCUT2D eigenvalue weighted by Crippen LogP contribution is 2.32. The Morgan fingerprint density at radius 3 is 2.52 bits per heavy atom. The van der Waals surface area contributed by atoms with Crippen molar-refractivity contribution in [2.24, 2.45) is 0 Å². The minimum absolute atomic E-state index is 0.321. The van der Waals surface area contributed by atoms with Crippen molar-refractivity contribution >= 4 is 0 Å². The first-order valence-corrected chi connectivity index (χ1v) is 5.92. The van der Waals surface area contributed by atoms with E-state index in [-0.39, 0.29) is 12.4 Å². The Kier molecular flexibility index (Phi) is 4.32. The number of hydrogen-bond donors (Lipinski definition) is 1. The standard InChI is InChI=1S/C14H12F3NO3/c1-20-12-4-10(6-18-7-12)13-5-11(21-14(15,16)17)3-2-9(13)8-19/h2-7,19H,8H2,1H3. The van der Waals surface area contributed by atoms with Gasteiger partial charge in [-0.3, -0.25) is 4.98 Å². The molecule has 4 nitrogen and oxygen atoms in total. The van der Waals surface area contributed by atoms with E-state index in [9.17, 15) is 18.3 Å². The molecule has 1 heterocycles. The first kappa shape index (κ1) is 15.1. The number of methoxy groups -OCH3 is 1. The van der Waals surface area contributed by atoms with Crippen LogP contribution in [0.25, 0.3) is 11.1 Å². The van der Waals surface area contributed by atoms with Crippen LogP contribution in [0.15, 0.2) is 36.7 Å². The van der Waals surface area contributed by atoms with Crippen molar-refractivity contribution in [3.05, 3.63) is 42.2 Å². The van der Waals surface area contributed by atoms with E-state index < -0.39 is 6.36 Å². The summed E-state index contributed by atoms with van der Waals surface area (Å²) in [5.41, 5.74) is 1.37. The van der Waals surface area contributed by atoms with Gasteiger partial charge < -0.3 is 14.6 Å². The highest BCUT2D eigenvalue weighted by molar-refractivity contribution is 5.69. The lowest BCUT2D eigenvalue weighted by molar-refractivity contribution is -0.274. The van der Waals surface area contributed by atoms with Crippen LogP contribution < -0.4 is 9.47 Å². The molecule has 0 aliphatic rings. The van der Waals surface area contributed by atoms with Crippen LogP contribution in [0.5, 0.6) is 11.5 Å². The summed E-state index contributed by atoms with van der Waals surface area (Å²) in [6.07, 6.45) is -1.84. The van der Waals surface area contributed by atoms with Crippen molar-refractivity contribution in [2.45, 2.75) is 13.0 Å². The zero-order chi connectivity index (χ0) is 15.5. The molecule has 1 aromatic carbocycles. The van der Waals surface area contributed by atoms with Gasteiger partial charge in [-0.05, 0) is 29.3 Å². The third kappa shape index (κ3) is 3.85. The summed E-state index contributed by atoms with van der Waals surface area (Å²) < 4.78 is 45.7. The normalized spacial score (nSPS) is 11.3. The number of rotatable bonds is 4. The monoisotopic (exact) mass is 299 g/mol. The number of aromatic nitrogens is 1. The highest BCUT2D eigenvalue weighted by atomic mass is 19.4. The summed E-state index contributed by atoms with van der Waals surface area (Å²) in [6, 6.07) is 5.33. The van der Waals surface area contributed by atoms with Crippen molar-refractivity contribution < 1.29 is 27.8 Å². The molecule has 112 valence electrons. The lowest BCUT2D eigenvalue weighted by atomic mass is 10.0. The van der Waals surface area contributed by atoms with Crippen molar-refractivity contribution in [3.8, 4) is 22.6 Å². The van der Waals surface area contributed by atoms with E-state index in [1.54, 1.807) is 6.07 Å². The van der Waals surface area contributed by atoms with Gasteiger partial charge in [0.2, 0.25) is 0 Å². The number of aliphatic hydroxyl groups excluding tert-OH is 1. The number of halogens is 3. The predicted molar refractivity (Wildman–Crippen MR) is 68.8 cm³/mol. The lowest BCUT2D eigenvalue weighted by Crippen LogP contribution is -2.17. The Hall–Kier alpha value is -2.28. The van der Waals surface area contributed by atoms with Crippen LogP contribution in [0.2, 0.25) is 0 Å². The molecule has 0 saturated heterocycles. The average molecular weight is 299 g/mol. The second-order valence-electron chi connectivity index (χ2n) is 4.14. The third-order valence-corrected chi connectivity index (χ3v) is 2.75. The molecule has 0 amide bonds. The number of benzene rings is 1. The van der Waals surface area contributed by atoms with Gasteiger partial charge in [-0.1, -0.05) is 6.07 Å². The molecule has 1 aromatic heterocycles. The van der Waals surface area contributed by atoms with E-state index in [2.05, 4.69) is 9.72 Å².